The highest BCUT2D eigenvalue weighted by atomic mass is 16.6. The van der Waals surface area contributed by atoms with Crippen LogP contribution in [0.2, 0.25) is 0 Å². The van der Waals surface area contributed by atoms with Gasteiger partial charge in [-0.15, -0.1) is 0 Å². The molecule has 0 bridgehead atoms. The number of hydrogen-bond donors (Lipinski definition) is 3. The molecule has 2 fully saturated rings. The van der Waals surface area contributed by atoms with E-state index in [1.807, 2.05) is 0 Å². The quantitative estimate of drug-likeness (QED) is 0.641. The third-order valence-corrected chi connectivity index (χ3v) is 3.96. The Bertz CT molecular complexity index is 442. The van der Waals surface area contributed by atoms with Gasteiger partial charge >= 0.3 is 6.09 Å². The number of hydrogen-bond acceptors (Lipinski definition) is 6. The van der Waals surface area contributed by atoms with E-state index in [0.29, 0.717) is 19.6 Å². The fourth-order valence-electron chi connectivity index (χ4n) is 2.59. The van der Waals surface area contributed by atoms with Gasteiger partial charge in [-0.05, 0) is 47.1 Å². The molecule has 126 valence electrons. The van der Waals surface area contributed by atoms with Crippen LogP contribution in [0.1, 0.15) is 40.5 Å². The van der Waals surface area contributed by atoms with Crippen LogP contribution in [0.5, 0.6) is 0 Å². The molecular formula is C15H26N2O5. The van der Waals surface area contributed by atoms with Gasteiger partial charge in [0.15, 0.2) is 5.78 Å². The Balaban J connectivity index is 2.01. The van der Waals surface area contributed by atoms with E-state index in [0.717, 1.165) is 6.42 Å². The smallest absolute Gasteiger partial charge is 0.408 e. The standard InChI is InChI=1S/C15H26N2O5/c1-14(2,3)22-13(20)17-10(11(18)15(4)8-21-15)7-9-5-6-16-12(9)19/h9-10,12,16,19H,5-8H2,1-4H3,(H,17,20)/t9?,10-,12?,15+/m0/s1. The molecule has 0 aromatic rings. The summed E-state index contributed by atoms with van der Waals surface area (Å²) in [5.74, 6) is -0.247. The molecule has 7 nitrogen and oxygen atoms in total. The molecule has 2 aliphatic heterocycles. The van der Waals surface area contributed by atoms with Crippen LogP contribution < -0.4 is 10.6 Å². The van der Waals surface area contributed by atoms with Crippen molar-refractivity contribution in [3.63, 3.8) is 0 Å². The van der Waals surface area contributed by atoms with E-state index in [1.54, 1.807) is 27.7 Å². The molecule has 1 amide bonds. The zero-order valence-electron chi connectivity index (χ0n) is 13.6. The normalized spacial score (nSPS) is 32.4. The second kappa shape index (κ2) is 6.14. The van der Waals surface area contributed by atoms with E-state index >= 15 is 0 Å². The number of nitrogens with one attached hydrogen (secondary N) is 2. The Hall–Kier alpha value is -1.18. The highest BCUT2D eigenvalue weighted by Gasteiger charge is 2.51. The van der Waals surface area contributed by atoms with Crippen LogP contribution >= 0.6 is 0 Å². The summed E-state index contributed by atoms with van der Waals surface area (Å²) in [5, 5.41) is 15.4. The Morgan fingerprint density at radius 1 is 1.50 bits per heavy atom. The fourth-order valence-corrected chi connectivity index (χ4v) is 2.59. The largest absolute Gasteiger partial charge is 0.444 e. The maximum Gasteiger partial charge on any atom is 0.408 e. The number of epoxide rings is 1. The van der Waals surface area contributed by atoms with Crippen molar-refractivity contribution in [1.82, 2.24) is 10.6 Å². The van der Waals surface area contributed by atoms with E-state index in [2.05, 4.69) is 10.6 Å². The molecule has 0 saturated carbocycles. The number of aliphatic hydroxyl groups excluding tert-OH is 1. The molecule has 2 saturated heterocycles. The molecule has 22 heavy (non-hydrogen) atoms. The minimum absolute atomic E-state index is 0.0776. The van der Waals surface area contributed by atoms with Crippen LogP contribution in [0.15, 0.2) is 0 Å². The zero-order valence-corrected chi connectivity index (χ0v) is 13.6. The van der Waals surface area contributed by atoms with E-state index in [1.165, 1.54) is 0 Å². The lowest BCUT2D eigenvalue weighted by molar-refractivity contribution is -0.126. The molecule has 4 atom stereocenters. The second-order valence-corrected chi connectivity index (χ2v) is 7.27. The van der Waals surface area contributed by atoms with Crippen molar-refractivity contribution >= 4 is 11.9 Å². The maximum atomic E-state index is 12.5. The average Bonchev–Trinajstić information content (AvgIpc) is 3.00. The lowest BCUT2D eigenvalue weighted by Gasteiger charge is -2.26. The lowest BCUT2D eigenvalue weighted by Crippen LogP contribution is -2.49. The summed E-state index contributed by atoms with van der Waals surface area (Å²) in [6, 6.07) is -0.720. The summed E-state index contributed by atoms with van der Waals surface area (Å²) in [6.45, 7) is 8.07. The number of ether oxygens (including phenoxy) is 2. The van der Waals surface area contributed by atoms with Gasteiger partial charge in [0.25, 0.3) is 0 Å². The molecule has 3 N–H and O–H groups in total. The van der Waals surface area contributed by atoms with Gasteiger partial charge in [0, 0.05) is 5.92 Å². The Morgan fingerprint density at radius 3 is 2.59 bits per heavy atom. The van der Waals surface area contributed by atoms with E-state index in [-0.39, 0.29) is 11.7 Å². The SMILES string of the molecule is CC(C)(C)OC(=O)N[C@@H](CC1CCNC1O)C(=O)[C@@]1(C)CO1. The monoisotopic (exact) mass is 314 g/mol. The molecule has 2 rings (SSSR count). The van der Waals surface area contributed by atoms with Crippen molar-refractivity contribution in [1.29, 1.82) is 0 Å². The molecule has 0 radical (unpaired) electrons. The second-order valence-electron chi connectivity index (χ2n) is 7.27. The van der Waals surface area contributed by atoms with E-state index in [4.69, 9.17) is 9.47 Å². The maximum absolute atomic E-state index is 12.5. The summed E-state index contributed by atoms with van der Waals surface area (Å²) in [7, 11) is 0. The third kappa shape index (κ3) is 4.41. The summed E-state index contributed by atoms with van der Waals surface area (Å²) < 4.78 is 10.4. The van der Waals surface area contributed by atoms with Crippen LogP contribution in [0.4, 0.5) is 4.79 Å². The first-order valence-electron chi connectivity index (χ1n) is 7.70. The van der Waals surface area contributed by atoms with Crippen LogP contribution in [0.3, 0.4) is 0 Å². The van der Waals surface area contributed by atoms with E-state index in [9.17, 15) is 14.7 Å². The molecule has 2 unspecified atom stereocenters. The lowest BCUT2D eigenvalue weighted by atomic mass is 9.91. The summed E-state index contributed by atoms with van der Waals surface area (Å²) in [6.07, 6.45) is -0.150. The number of alkyl carbamates (subject to hydrolysis) is 1. The number of amides is 1. The van der Waals surface area contributed by atoms with Crippen LogP contribution in [0, 0.1) is 5.92 Å². The van der Waals surface area contributed by atoms with Gasteiger partial charge in [0.2, 0.25) is 0 Å². The molecule has 0 aliphatic carbocycles. The number of ketones is 1. The number of rotatable bonds is 5. The van der Waals surface area contributed by atoms with Crippen molar-refractivity contribution in [2.45, 2.75) is 64.0 Å². The van der Waals surface area contributed by atoms with Gasteiger partial charge in [-0.3, -0.25) is 10.1 Å². The molecule has 2 aliphatic rings. The van der Waals surface area contributed by atoms with Crippen LogP contribution in [-0.2, 0) is 14.3 Å². The first-order chi connectivity index (χ1) is 10.1. The zero-order chi connectivity index (χ0) is 16.5. The van der Waals surface area contributed by atoms with Gasteiger partial charge in [0.05, 0.1) is 12.6 Å². The predicted molar refractivity (Wildman–Crippen MR) is 79.3 cm³/mol. The summed E-state index contributed by atoms with van der Waals surface area (Å²) >= 11 is 0. The first kappa shape index (κ1) is 17.2. The van der Waals surface area contributed by atoms with Crippen molar-refractivity contribution < 1.29 is 24.2 Å². The number of Topliss-reactive ketones (excluding diaryl/α,β-unsaturated/α-hetero) is 1. The first-order valence-corrected chi connectivity index (χ1v) is 7.70. The van der Waals surface area contributed by atoms with Gasteiger partial charge in [-0.25, -0.2) is 4.79 Å². The average molecular weight is 314 g/mol. The molecular weight excluding hydrogens is 288 g/mol. The fraction of sp³-hybridized carbons (Fsp3) is 0.867. The Kier molecular flexibility index (Phi) is 4.79. The van der Waals surface area contributed by atoms with Gasteiger partial charge in [0.1, 0.15) is 17.4 Å². The number of aliphatic hydroxyl groups is 1. The van der Waals surface area contributed by atoms with E-state index < -0.39 is 29.6 Å². The molecule has 2 heterocycles. The summed E-state index contributed by atoms with van der Waals surface area (Å²) in [5.41, 5.74) is -1.46. The van der Waals surface area contributed by atoms with Crippen LogP contribution in [0.25, 0.3) is 0 Å². The van der Waals surface area contributed by atoms with Crippen molar-refractivity contribution in [3.8, 4) is 0 Å². The number of carbonyl (C=O) groups is 2. The van der Waals surface area contributed by atoms with Crippen molar-refractivity contribution in [3.05, 3.63) is 0 Å². The van der Waals surface area contributed by atoms with Gasteiger partial charge in [-0.1, -0.05) is 0 Å². The minimum Gasteiger partial charge on any atom is -0.444 e. The van der Waals surface area contributed by atoms with Gasteiger partial charge in [-0.2, -0.15) is 0 Å². The van der Waals surface area contributed by atoms with Gasteiger partial charge < -0.3 is 19.9 Å². The Labute approximate surface area is 130 Å². The summed E-state index contributed by atoms with van der Waals surface area (Å²) in [4.78, 5) is 24.5. The molecule has 0 aromatic carbocycles. The topological polar surface area (TPSA) is 100 Å². The highest BCUT2D eigenvalue weighted by molar-refractivity contribution is 5.95. The molecule has 7 heteroatoms. The number of carbonyl (C=O) groups excluding carboxylic acids is 2. The molecule has 0 aromatic heterocycles. The Morgan fingerprint density at radius 2 is 2.14 bits per heavy atom. The minimum atomic E-state index is -0.823. The van der Waals surface area contributed by atoms with Crippen molar-refractivity contribution in [2.75, 3.05) is 13.2 Å². The molecule has 0 spiro atoms. The van der Waals surface area contributed by atoms with Crippen molar-refractivity contribution in [2.24, 2.45) is 5.92 Å². The third-order valence-electron chi connectivity index (χ3n) is 3.96. The highest BCUT2D eigenvalue weighted by Crippen LogP contribution is 2.31. The predicted octanol–water partition coefficient (Wildman–Crippen LogP) is 0.556. The van der Waals surface area contributed by atoms with Crippen LogP contribution in [-0.4, -0.2) is 53.6 Å².